The van der Waals surface area contributed by atoms with E-state index in [1.54, 1.807) is 0 Å². The molecule has 1 aliphatic carbocycles. The monoisotopic (exact) mass is 306 g/mol. The number of hydrogen-bond donors (Lipinski definition) is 1. The molecule has 18 heavy (non-hydrogen) atoms. The van der Waals surface area contributed by atoms with Gasteiger partial charge in [0.2, 0.25) is 0 Å². The third kappa shape index (κ3) is 2.14. The van der Waals surface area contributed by atoms with Crippen LogP contribution in [0.5, 0.6) is 0 Å². The molecule has 0 aromatic carbocycles. The average molecular weight is 307 g/mol. The lowest BCUT2D eigenvalue weighted by Gasteiger charge is -2.24. The van der Waals surface area contributed by atoms with Crippen molar-refractivity contribution < 1.29 is 0 Å². The van der Waals surface area contributed by atoms with E-state index in [1.807, 2.05) is 36.3 Å². The van der Waals surface area contributed by atoms with E-state index in [0.29, 0.717) is 6.04 Å². The fraction of sp³-hybridized carbons (Fsp3) is 0.385. The van der Waals surface area contributed by atoms with Gasteiger partial charge in [0.25, 0.3) is 0 Å². The van der Waals surface area contributed by atoms with E-state index in [1.165, 1.54) is 17.7 Å². The molecule has 2 aromatic rings. The van der Waals surface area contributed by atoms with Crippen molar-refractivity contribution >= 4 is 21.6 Å². The molecule has 1 N–H and O–H groups in total. The molecule has 1 atom stereocenters. The van der Waals surface area contributed by atoms with Gasteiger partial charge < -0.3 is 5.32 Å². The highest BCUT2D eigenvalue weighted by Gasteiger charge is 2.23. The molecule has 3 rings (SSSR count). The van der Waals surface area contributed by atoms with Crippen LogP contribution in [0.25, 0.3) is 0 Å². The van der Waals surface area contributed by atoms with Crippen LogP contribution in [0.4, 0.5) is 5.69 Å². The lowest BCUT2D eigenvalue weighted by molar-refractivity contribution is 0.571. The van der Waals surface area contributed by atoms with E-state index in [2.05, 4.69) is 31.3 Å². The van der Waals surface area contributed by atoms with E-state index in [0.717, 1.165) is 23.1 Å². The van der Waals surface area contributed by atoms with E-state index in [-0.39, 0.29) is 0 Å². The second-order valence-electron chi connectivity index (χ2n) is 4.63. The van der Waals surface area contributed by atoms with E-state index >= 15 is 0 Å². The molecule has 5 heteroatoms. The molecule has 1 unspecified atom stereocenters. The van der Waals surface area contributed by atoms with E-state index in [9.17, 15) is 0 Å². The number of nitrogens with zero attached hydrogens (tertiary/aromatic N) is 3. The second-order valence-corrected chi connectivity index (χ2v) is 5.44. The molecule has 0 radical (unpaired) electrons. The predicted octanol–water partition coefficient (Wildman–Crippen LogP) is 3.07. The third-order valence-corrected chi connectivity index (χ3v) is 3.91. The van der Waals surface area contributed by atoms with Crippen LogP contribution < -0.4 is 5.32 Å². The van der Waals surface area contributed by atoms with Crippen molar-refractivity contribution in [3.8, 4) is 0 Å². The fourth-order valence-electron chi connectivity index (χ4n) is 2.52. The molecule has 0 spiro atoms. The highest BCUT2D eigenvalue weighted by atomic mass is 79.9. The van der Waals surface area contributed by atoms with Crippen LogP contribution >= 0.6 is 15.9 Å². The zero-order chi connectivity index (χ0) is 12.5. The van der Waals surface area contributed by atoms with Crippen molar-refractivity contribution in [2.45, 2.75) is 25.3 Å². The summed E-state index contributed by atoms with van der Waals surface area (Å²) in [6, 6.07) is 4.35. The molecule has 1 aliphatic rings. The maximum absolute atomic E-state index is 4.36. The van der Waals surface area contributed by atoms with Crippen molar-refractivity contribution in [3.63, 3.8) is 0 Å². The largest absolute Gasteiger partial charge is 0.377 e. The van der Waals surface area contributed by atoms with Gasteiger partial charge in [-0.05, 0) is 47.3 Å². The first-order chi connectivity index (χ1) is 8.74. The first-order valence-electron chi connectivity index (χ1n) is 6.13. The van der Waals surface area contributed by atoms with Crippen LogP contribution in [0.15, 0.2) is 29.1 Å². The second kappa shape index (κ2) is 4.72. The SMILES string of the molecule is Cn1ncc2c1CCCC2Nc1ccc(Br)nc1. The number of halogens is 1. The Morgan fingerprint density at radius 1 is 1.39 bits per heavy atom. The van der Waals surface area contributed by atoms with Gasteiger partial charge >= 0.3 is 0 Å². The fourth-order valence-corrected chi connectivity index (χ4v) is 2.75. The smallest absolute Gasteiger partial charge is 0.106 e. The van der Waals surface area contributed by atoms with E-state index < -0.39 is 0 Å². The number of anilines is 1. The Hall–Kier alpha value is -1.36. The van der Waals surface area contributed by atoms with Gasteiger partial charge in [-0.2, -0.15) is 5.10 Å². The molecule has 94 valence electrons. The molecule has 4 nitrogen and oxygen atoms in total. The number of nitrogens with one attached hydrogen (secondary N) is 1. The maximum atomic E-state index is 4.36. The zero-order valence-corrected chi connectivity index (χ0v) is 11.8. The Morgan fingerprint density at radius 2 is 2.28 bits per heavy atom. The molecule has 0 bridgehead atoms. The number of rotatable bonds is 2. The molecule has 2 aromatic heterocycles. The first-order valence-corrected chi connectivity index (χ1v) is 6.92. The molecule has 2 heterocycles. The standard InChI is InChI=1S/C13H15BrN4/c1-18-12-4-2-3-11(10(12)8-16-18)17-9-5-6-13(14)15-7-9/h5-8,11,17H,2-4H2,1H3. The van der Waals surface area contributed by atoms with Gasteiger partial charge in [-0.1, -0.05) is 0 Å². The Labute approximate surface area is 115 Å². The Balaban J connectivity index is 1.84. The number of fused-ring (bicyclic) bond motifs is 1. The van der Waals surface area contributed by atoms with Gasteiger partial charge in [0.15, 0.2) is 0 Å². The zero-order valence-electron chi connectivity index (χ0n) is 10.2. The molecule has 0 saturated carbocycles. The topological polar surface area (TPSA) is 42.7 Å². The van der Waals surface area contributed by atoms with Crippen LogP contribution in [-0.4, -0.2) is 14.8 Å². The predicted molar refractivity (Wildman–Crippen MR) is 74.4 cm³/mol. The van der Waals surface area contributed by atoms with Crippen molar-refractivity contribution in [2.24, 2.45) is 7.05 Å². The van der Waals surface area contributed by atoms with Crippen LogP contribution in [0.1, 0.15) is 30.1 Å². The van der Waals surface area contributed by atoms with Crippen molar-refractivity contribution in [1.29, 1.82) is 0 Å². The summed E-state index contributed by atoms with van der Waals surface area (Å²) in [5.74, 6) is 0. The molecular formula is C13H15BrN4. The Kier molecular flexibility index (Phi) is 3.07. The van der Waals surface area contributed by atoms with Crippen molar-refractivity contribution in [2.75, 3.05) is 5.32 Å². The molecule has 0 amide bonds. The van der Waals surface area contributed by atoms with Crippen molar-refractivity contribution in [1.82, 2.24) is 14.8 Å². The number of hydrogen-bond acceptors (Lipinski definition) is 3. The van der Waals surface area contributed by atoms with Crippen LogP contribution in [0.3, 0.4) is 0 Å². The number of pyridine rings is 1. The minimum atomic E-state index is 0.352. The first kappa shape index (κ1) is 11.7. The van der Waals surface area contributed by atoms with Gasteiger partial charge in [0.05, 0.1) is 24.1 Å². The van der Waals surface area contributed by atoms with E-state index in [4.69, 9.17) is 0 Å². The maximum Gasteiger partial charge on any atom is 0.106 e. The lowest BCUT2D eigenvalue weighted by Crippen LogP contribution is -2.17. The van der Waals surface area contributed by atoms with Crippen LogP contribution in [0, 0.1) is 0 Å². The summed E-state index contributed by atoms with van der Waals surface area (Å²) in [5.41, 5.74) is 3.73. The number of aryl methyl sites for hydroxylation is 1. The summed E-state index contributed by atoms with van der Waals surface area (Å²) < 4.78 is 2.85. The highest BCUT2D eigenvalue weighted by molar-refractivity contribution is 9.10. The summed E-state index contributed by atoms with van der Waals surface area (Å²) in [6.07, 6.45) is 7.32. The minimum Gasteiger partial charge on any atom is -0.377 e. The van der Waals surface area contributed by atoms with Gasteiger partial charge in [-0.15, -0.1) is 0 Å². The van der Waals surface area contributed by atoms with Crippen LogP contribution in [-0.2, 0) is 13.5 Å². The van der Waals surface area contributed by atoms with Crippen LogP contribution in [0.2, 0.25) is 0 Å². The molecule has 0 aliphatic heterocycles. The van der Waals surface area contributed by atoms with Gasteiger partial charge in [-0.25, -0.2) is 4.98 Å². The number of aromatic nitrogens is 3. The van der Waals surface area contributed by atoms with Crippen molar-refractivity contribution in [3.05, 3.63) is 40.4 Å². The highest BCUT2D eigenvalue weighted by Crippen LogP contribution is 2.32. The Bertz CT molecular complexity index is 547. The average Bonchev–Trinajstić information content (AvgIpc) is 2.76. The summed E-state index contributed by atoms with van der Waals surface area (Å²) >= 11 is 3.35. The lowest BCUT2D eigenvalue weighted by atomic mass is 9.93. The van der Waals surface area contributed by atoms with Gasteiger partial charge in [-0.3, -0.25) is 4.68 Å². The summed E-state index contributed by atoms with van der Waals surface area (Å²) in [5, 5.41) is 7.90. The quantitative estimate of drug-likeness (QED) is 0.867. The minimum absolute atomic E-state index is 0.352. The third-order valence-electron chi connectivity index (χ3n) is 3.44. The molecule has 0 saturated heterocycles. The summed E-state index contributed by atoms with van der Waals surface area (Å²) in [7, 11) is 2.02. The van der Waals surface area contributed by atoms with Gasteiger partial charge in [0.1, 0.15) is 4.60 Å². The van der Waals surface area contributed by atoms with Gasteiger partial charge in [0, 0.05) is 18.3 Å². The molecular weight excluding hydrogens is 292 g/mol. The summed E-state index contributed by atoms with van der Waals surface area (Å²) in [6.45, 7) is 0. The molecule has 0 fully saturated rings. The normalized spacial score (nSPS) is 18.4. The Morgan fingerprint density at radius 3 is 3.06 bits per heavy atom. The summed E-state index contributed by atoms with van der Waals surface area (Å²) in [4.78, 5) is 4.24.